The maximum absolute atomic E-state index is 13.4. The molecule has 0 unspecified atom stereocenters. The second-order valence-electron chi connectivity index (χ2n) is 9.34. The van der Waals surface area contributed by atoms with Crippen molar-refractivity contribution in [2.24, 2.45) is 7.05 Å². The number of nitrogens with two attached hydrogens (primary N) is 1. The molecule has 9 heteroatoms. The number of amides is 1. The molecule has 0 spiro atoms. The lowest BCUT2D eigenvalue weighted by molar-refractivity contribution is 0.0941. The second-order valence-corrected chi connectivity index (χ2v) is 9.34. The van der Waals surface area contributed by atoms with Crippen LogP contribution < -0.4 is 11.1 Å². The Morgan fingerprint density at radius 2 is 1.85 bits per heavy atom. The van der Waals surface area contributed by atoms with Crippen LogP contribution in [0, 0.1) is 18.8 Å². The molecule has 39 heavy (non-hydrogen) atoms. The summed E-state index contributed by atoms with van der Waals surface area (Å²) in [5.41, 5.74) is 12.4. The third-order valence-electron chi connectivity index (χ3n) is 6.87. The van der Waals surface area contributed by atoms with Crippen molar-refractivity contribution in [2.75, 3.05) is 5.73 Å². The van der Waals surface area contributed by atoms with Crippen molar-refractivity contribution in [1.82, 2.24) is 34.3 Å². The minimum absolute atomic E-state index is 0.130. The first kappa shape index (κ1) is 24.0. The Balaban J connectivity index is 1.46. The molecule has 0 saturated heterocycles. The van der Waals surface area contributed by atoms with E-state index in [1.165, 1.54) is 4.52 Å². The molecule has 0 aliphatic heterocycles. The van der Waals surface area contributed by atoms with Crippen molar-refractivity contribution in [3.63, 3.8) is 0 Å². The van der Waals surface area contributed by atoms with Crippen LogP contribution in [0.15, 0.2) is 79.3 Å². The summed E-state index contributed by atoms with van der Waals surface area (Å²) < 4.78 is 5.47. The third kappa shape index (κ3) is 4.18. The first-order valence-corrected chi connectivity index (χ1v) is 12.5. The highest BCUT2D eigenvalue weighted by Gasteiger charge is 2.24. The van der Waals surface area contributed by atoms with Crippen LogP contribution in [0.4, 0.5) is 5.82 Å². The molecule has 3 N–H and O–H groups in total. The van der Waals surface area contributed by atoms with Gasteiger partial charge in [0.25, 0.3) is 5.91 Å². The van der Waals surface area contributed by atoms with Gasteiger partial charge in [0.15, 0.2) is 11.5 Å². The highest BCUT2D eigenvalue weighted by atomic mass is 16.1. The quantitative estimate of drug-likeness (QED) is 0.343. The second kappa shape index (κ2) is 9.50. The van der Waals surface area contributed by atoms with E-state index in [4.69, 9.17) is 5.73 Å². The summed E-state index contributed by atoms with van der Waals surface area (Å²) >= 11 is 0. The van der Waals surface area contributed by atoms with E-state index in [1.807, 2.05) is 68.0 Å². The number of anilines is 1. The van der Waals surface area contributed by atoms with E-state index in [0.717, 1.165) is 39.1 Å². The molecule has 6 aromatic rings. The van der Waals surface area contributed by atoms with Crippen LogP contribution in [0.1, 0.15) is 45.8 Å². The van der Waals surface area contributed by atoms with Gasteiger partial charge in [0.2, 0.25) is 0 Å². The van der Waals surface area contributed by atoms with Gasteiger partial charge in [-0.3, -0.25) is 9.48 Å². The van der Waals surface area contributed by atoms with Crippen molar-refractivity contribution in [1.29, 1.82) is 0 Å². The van der Waals surface area contributed by atoms with Crippen molar-refractivity contribution in [3.05, 3.63) is 107 Å². The molecule has 4 heterocycles. The molecule has 0 fully saturated rings. The summed E-state index contributed by atoms with van der Waals surface area (Å²) in [5, 5.41) is 12.7. The fourth-order valence-electron chi connectivity index (χ4n) is 4.78. The number of carbonyl (C=O) groups excluding carboxylic acids is 1. The predicted octanol–water partition coefficient (Wildman–Crippen LogP) is 4.19. The minimum atomic E-state index is -0.371. The summed E-state index contributed by atoms with van der Waals surface area (Å²) in [6.45, 7) is 3.95. The highest BCUT2D eigenvalue weighted by molar-refractivity contribution is 6.04. The van der Waals surface area contributed by atoms with Gasteiger partial charge in [-0.1, -0.05) is 42.2 Å². The van der Waals surface area contributed by atoms with Gasteiger partial charge >= 0.3 is 0 Å². The first-order chi connectivity index (χ1) is 18.9. The normalized spacial score (nSPS) is 11.9. The summed E-state index contributed by atoms with van der Waals surface area (Å²) in [6.07, 6.45) is 5.10. The monoisotopic (exact) mass is 514 g/mol. The number of aryl methyl sites for hydroxylation is 1. The number of nitrogens with zero attached hydrogens (tertiary/aromatic N) is 6. The molecule has 9 nitrogen and oxygen atoms in total. The van der Waals surface area contributed by atoms with Crippen LogP contribution in [0.3, 0.4) is 0 Å². The van der Waals surface area contributed by atoms with Gasteiger partial charge in [0, 0.05) is 41.8 Å². The molecule has 2 aromatic carbocycles. The SMILES string of the molecule is Cc1c(C#Cc2cccc3cc([C@H](C)NC(=O)c4c(N)nn5cccnc45)n(-c4ccccc4)c23)cnn1C. The van der Waals surface area contributed by atoms with E-state index in [-0.39, 0.29) is 23.3 Å². The summed E-state index contributed by atoms with van der Waals surface area (Å²) in [6, 6.07) is 19.6. The van der Waals surface area contributed by atoms with Crippen LogP contribution in [0.25, 0.3) is 22.2 Å². The molecule has 0 aliphatic rings. The molecule has 0 bridgehead atoms. The zero-order chi connectivity index (χ0) is 27.1. The van der Waals surface area contributed by atoms with E-state index in [0.29, 0.717) is 5.65 Å². The van der Waals surface area contributed by atoms with Crippen molar-refractivity contribution >= 4 is 28.3 Å². The molecule has 192 valence electrons. The first-order valence-electron chi connectivity index (χ1n) is 12.5. The lowest BCUT2D eigenvalue weighted by Crippen LogP contribution is -2.28. The standard InChI is InChI=1S/C30H26N8O/c1-19(34-30(39)26-28(31)35-37-16-8-15-32-29(26)37)25-17-22-10-7-9-21(13-14-23-18-33-36(3)20(23)2)27(22)38(25)24-11-5-4-6-12-24/h4-12,15-19H,1-3H3,(H2,31,35)(H,34,39)/t19-/m0/s1. The molecular weight excluding hydrogens is 488 g/mol. The maximum atomic E-state index is 13.4. The zero-order valence-corrected chi connectivity index (χ0v) is 21.8. The van der Waals surface area contributed by atoms with Crippen molar-refractivity contribution < 1.29 is 4.79 Å². The topological polar surface area (TPSA) is 108 Å². The fraction of sp³-hybridized carbons (Fsp3) is 0.133. The van der Waals surface area contributed by atoms with Crippen molar-refractivity contribution in [2.45, 2.75) is 19.9 Å². The van der Waals surface area contributed by atoms with Crippen LogP contribution >= 0.6 is 0 Å². The average Bonchev–Trinajstić information content (AvgIpc) is 3.60. The van der Waals surface area contributed by atoms with Crippen LogP contribution in [0.2, 0.25) is 0 Å². The fourth-order valence-corrected chi connectivity index (χ4v) is 4.78. The van der Waals surface area contributed by atoms with Crippen molar-refractivity contribution in [3.8, 4) is 17.5 Å². The Bertz CT molecular complexity index is 1920. The van der Waals surface area contributed by atoms with Gasteiger partial charge in [-0.25, -0.2) is 9.50 Å². The lowest BCUT2D eigenvalue weighted by Gasteiger charge is -2.18. The largest absolute Gasteiger partial charge is 0.381 e. The molecular formula is C30H26N8O. The minimum Gasteiger partial charge on any atom is -0.381 e. The van der Waals surface area contributed by atoms with E-state index in [1.54, 1.807) is 24.7 Å². The van der Waals surface area contributed by atoms with Crippen LogP contribution in [-0.4, -0.2) is 34.9 Å². The highest BCUT2D eigenvalue weighted by Crippen LogP contribution is 2.31. The summed E-state index contributed by atoms with van der Waals surface area (Å²) in [7, 11) is 1.90. The Morgan fingerprint density at radius 3 is 2.62 bits per heavy atom. The van der Waals surface area contributed by atoms with Gasteiger partial charge in [-0.05, 0) is 44.2 Å². The number of hydrogen-bond acceptors (Lipinski definition) is 5. The summed E-state index contributed by atoms with van der Waals surface area (Å²) in [4.78, 5) is 17.7. The predicted molar refractivity (Wildman–Crippen MR) is 150 cm³/mol. The number of nitrogens with one attached hydrogen (secondary N) is 1. The Labute approximate surface area is 224 Å². The average molecular weight is 515 g/mol. The van der Waals surface area contributed by atoms with Crippen LogP contribution in [-0.2, 0) is 7.05 Å². The Hall–Kier alpha value is -5.36. The van der Waals surface area contributed by atoms with Crippen LogP contribution in [0.5, 0.6) is 0 Å². The molecule has 4 aromatic heterocycles. The molecule has 1 amide bonds. The molecule has 0 aliphatic carbocycles. The number of para-hydroxylation sites is 2. The smallest absolute Gasteiger partial charge is 0.259 e. The molecule has 6 rings (SSSR count). The van der Waals surface area contributed by atoms with Gasteiger partial charge in [-0.2, -0.15) is 5.10 Å². The number of aromatic nitrogens is 6. The molecule has 0 saturated carbocycles. The third-order valence-corrected chi connectivity index (χ3v) is 6.87. The number of fused-ring (bicyclic) bond motifs is 2. The molecule has 1 atom stereocenters. The number of hydrogen-bond donors (Lipinski definition) is 2. The van der Waals surface area contributed by atoms with E-state index >= 15 is 0 Å². The number of benzene rings is 2. The Kier molecular flexibility index (Phi) is 5.85. The van der Waals surface area contributed by atoms with E-state index in [9.17, 15) is 4.79 Å². The van der Waals surface area contributed by atoms with Gasteiger partial charge in [0.05, 0.1) is 29.0 Å². The Morgan fingerprint density at radius 1 is 1.05 bits per heavy atom. The van der Waals surface area contributed by atoms with E-state index in [2.05, 4.69) is 49.0 Å². The lowest BCUT2D eigenvalue weighted by atomic mass is 10.1. The van der Waals surface area contributed by atoms with Gasteiger partial charge in [0.1, 0.15) is 5.56 Å². The maximum Gasteiger partial charge on any atom is 0.259 e. The zero-order valence-electron chi connectivity index (χ0n) is 21.8. The number of carbonyl (C=O) groups is 1. The summed E-state index contributed by atoms with van der Waals surface area (Å²) in [5.74, 6) is 6.44. The number of nitrogen functional groups attached to an aromatic ring is 1. The molecule has 0 radical (unpaired) electrons. The van der Waals surface area contributed by atoms with Gasteiger partial charge in [-0.15, -0.1) is 5.10 Å². The van der Waals surface area contributed by atoms with Gasteiger partial charge < -0.3 is 15.6 Å². The number of rotatable bonds is 4. The van der Waals surface area contributed by atoms with E-state index < -0.39 is 0 Å².